The van der Waals surface area contributed by atoms with Crippen molar-refractivity contribution in [3.63, 3.8) is 0 Å². The van der Waals surface area contributed by atoms with Gasteiger partial charge in [-0.15, -0.1) is 11.3 Å². The first-order valence-corrected chi connectivity index (χ1v) is 11.9. The molecule has 1 saturated heterocycles. The summed E-state index contributed by atoms with van der Waals surface area (Å²) in [6.07, 6.45) is 3.33. The van der Waals surface area contributed by atoms with Gasteiger partial charge in [-0.05, 0) is 54.8 Å². The summed E-state index contributed by atoms with van der Waals surface area (Å²) in [6.45, 7) is 3.71. The van der Waals surface area contributed by atoms with E-state index < -0.39 is 14.9 Å². The van der Waals surface area contributed by atoms with Crippen molar-refractivity contribution in [1.29, 1.82) is 0 Å². The van der Waals surface area contributed by atoms with E-state index in [9.17, 15) is 18.5 Å². The third kappa shape index (κ3) is 3.21. The highest BCUT2D eigenvalue weighted by atomic mass is 32.2. The van der Waals surface area contributed by atoms with Crippen molar-refractivity contribution in [2.75, 3.05) is 24.5 Å². The SMILES string of the molecule is CC[C@@H]1c2ccsc2CCN1c1ccc(S(=O)(=O)N2CCCC2)cc1[N+](=O)[O-]. The number of nitro benzene ring substituents is 1. The molecule has 0 spiro atoms. The minimum absolute atomic E-state index is 0.00568. The largest absolute Gasteiger partial charge is 0.359 e. The number of fused-ring (bicyclic) bond motifs is 1. The van der Waals surface area contributed by atoms with E-state index in [-0.39, 0.29) is 16.6 Å². The lowest BCUT2D eigenvalue weighted by molar-refractivity contribution is -0.384. The van der Waals surface area contributed by atoms with Crippen LogP contribution in [0, 0.1) is 10.1 Å². The third-order valence-corrected chi connectivity index (χ3v) is 8.53. The zero-order valence-corrected chi connectivity index (χ0v) is 17.3. The van der Waals surface area contributed by atoms with Crippen LogP contribution in [0.4, 0.5) is 11.4 Å². The number of sulfonamides is 1. The number of anilines is 1. The molecular formula is C19H23N3O4S2. The molecule has 3 heterocycles. The molecule has 4 rings (SSSR count). The number of nitrogens with zero attached hydrogens (tertiary/aromatic N) is 3. The van der Waals surface area contributed by atoms with Gasteiger partial charge in [-0.25, -0.2) is 8.42 Å². The van der Waals surface area contributed by atoms with Crippen molar-refractivity contribution < 1.29 is 13.3 Å². The molecule has 7 nitrogen and oxygen atoms in total. The number of benzene rings is 1. The average molecular weight is 422 g/mol. The molecule has 2 aliphatic heterocycles. The summed E-state index contributed by atoms with van der Waals surface area (Å²) in [5.74, 6) is 0. The zero-order chi connectivity index (χ0) is 19.9. The minimum Gasteiger partial charge on any atom is -0.359 e. The van der Waals surface area contributed by atoms with Crippen LogP contribution in [0.3, 0.4) is 0 Å². The van der Waals surface area contributed by atoms with E-state index >= 15 is 0 Å². The van der Waals surface area contributed by atoms with Crippen LogP contribution in [-0.4, -0.2) is 37.3 Å². The summed E-state index contributed by atoms with van der Waals surface area (Å²) < 4.78 is 27.1. The van der Waals surface area contributed by atoms with Crippen LogP contribution in [0.5, 0.6) is 0 Å². The summed E-state index contributed by atoms with van der Waals surface area (Å²) >= 11 is 1.73. The first-order valence-electron chi connectivity index (χ1n) is 9.55. The second-order valence-corrected chi connectivity index (χ2v) is 10.1. The molecule has 1 aromatic carbocycles. The standard InChI is InChI=1S/C19H23N3O4S2/c1-2-16-15-8-12-27-19(15)7-11-21(16)17-6-5-14(13-18(17)22(23)24)28(25,26)20-9-3-4-10-20/h5-6,8,12-13,16H,2-4,7,9-11H2,1H3/t16-/m1/s1. The van der Waals surface area contributed by atoms with Crippen molar-refractivity contribution in [3.05, 3.63) is 50.2 Å². The molecule has 2 aliphatic rings. The van der Waals surface area contributed by atoms with Gasteiger partial charge in [-0.3, -0.25) is 10.1 Å². The Labute approximate surface area is 168 Å². The molecule has 1 atom stereocenters. The minimum atomic E-state index is -3.69. The Morgan fingerprint density at radius 2 is 1.96 bits per heavy atom. The van der Waals surface area contributed by atoms with E-state index in [1.54, 1.807) is 17.4 Å². The Kier molecular flexibility index (Phi) is 5.15. The molecule has 0 radical (unpaired) electrons. The molecule has 150 valence electrons. The van der Waals surface area contributed by atoms with Crippen LogP contribution in [0.1, 0.15) is 42.7 Å². The van der Waals surface area contributed by atoms with Gasteiger partial charge in [-0.1, -0.05) is 6.92 Å². The monoisotopic (exact) mass is 421 g/mol. The second kappa shape index (κ2) is 7.46. The molecule has 0 bridgehead atoms. The highest BCUT2D eigenvalue weighted by Gasteiger charge is 2.34. The molecule has 0 N–H and O–H groups in total. The van der Waals surface area contributed by atoms with E-state index in [2.05, 4.69) is 23.3 Å². The molecule has 0 aliphatic carbocycles. The van der Waals surface area contributed by atoms with E-state index in [0.717, 1.165) is 25.7 Å². The average Bonchev–Trinajstić information content (AvgIpc) is 3.38. The maximum absolute atomic E-state index is 12.8. The van der Waals surface area contributed by atoms with Gasteiger partial charge in [0.15, 0.2) is 0 Å². The Balaban J connectivity index is 1.75. The maximum atomic E-state index is 12.8. The molecule has 1 fully saturated rings. The third-order valence-electron chi connectivity index (χ3n) is 5.64. The van der Waals surface area contributed by atoms with E-state index in [1.807, 2.05) is 0 Å². The topological polar surface area (TPSA) is 83.8 Å². The Bertz CT molecular complexity index is 996. The second-order valence-electron chi connectivity index (χ2n) is 7.19. The van der Waals surface area contributed by atoms with Crippen LogP contribution in [-0.2, 0) is 16.4 Å². The maximum Gasteiger partial charge on any atom is 0.293 e. The summed E-state index contributed by atoms with van der Waals surface area (Å²) in [7, 11) is -3.69. The lowest BCUT2D eigenvalue weighted by Crippen LogP contribution is -2.35. The van der Waals surface area contributed by atoms with E-state index in [0.29, 0.717) is 25.3 Å². The van der Waals surface area contributed by atoms with Gasteiger partial charge in [0, 0.05) is 30.6 Å². The van der Waals surface area contributed by atoms with Crippen LogP contribution in [0.25, 0.3) is 0 Å². The molecule has 0 unspecified atom stereocenters. The predicted molar refractivity (Wildman–Crippen MR) is 109 cm³/mol. The molecule has 0 saturated carbocycles. The zero-order valence-electron chi connectivity index (χ0n) is 15.7. The molecule has 28 heavy (non-hydrogen) atoms. The molecule has 2 aromatic rings. The molecule has 1 aromatic heterocycles. The van der Waals surface area contributed by atoms with Crippen LogP contribution < -0.4 is 4.90 Å². The van der Waals surface area contributed by atoms with Crippen molar-refractivity contribution in [2.45, 2.75) is 43.5 Å². The number of hydrogen-bond acceptors (Lipinski definition) is 6. The number of hydrogen-bond donors (Lipinski definition) is 0. The van der Waals surface area contributed by atoms with Gasteiger partial charge >= 0.3 is 0 Å². The fourth-order valence-electron chi connectivity index (χ4n) is 4.26. The Morgan fingerprint density at radius 3 is 2.64 bits per heavy atom. The number of thiophene rings is 1. The van der Waals surface area contributed by atoms with Crippen molar-refractivity contribution in [2.24, 2.45) is 0 Å². The predicted octanol–water partition coefficient (Wildman–Crippen LogP) is 3.95. The highest BCUT2D eigenvalue weighted by Crippen LogP contribution is 2.42. The summed E-state index contributed by atoms with van der Waals surface area (Å²) in [6, 6.07) is 6.53. The van der Waals surface area contributed by atoms with Gasteiger partial charge in [0.1, 0.15) is 5.69 Å². The van der Waals surface area contributed by atoms with E-state index in [1.165, 1.54) is 26.9 Å². The first kappa shape index (κ1) is 19.4. The van der Waals surface area contributed by atoms with Gasteiger partial charge in [0.2, 0.25) is 10.0 Å². The van der Waals surface area contributed by atoms with Crippen LogP contribution >= 0.6 is 11.3 Å². The number of rotatable bonds is 5. The normalized spacial score (nSPS) is 20.3. The van der Waals surface area contributed by atoms with Crippen LogP contribution in [0.15, 0.2) is 34.5 Å². The summed E-state index contributed by atoms with van der Waals surface area (Å²) in [5.41, 5.74) is 1.58. The number of nitro groups is 1. The van der Waals surface area contributed by atoms with Gasteiger partial charge in [-0.2, -0.15) is 4.31 Å². The van der Waals surface area contributed by atoms with Gasteiger partial charge < -0.3 is 4.90 Å². The fraction of sp³-hybridized carbons (Fsp3) is 0.474. The Hall–Kier alpha value is -1.97. The highest BCUT2D eigenvalue weighted by molar-refractivity contribution is 7.89. The van der Waals surface area contributed by atoms with Crippen molar-refractivity contribution >= 4 is 32.7 Å². The summed E-state index contributed by atoms with van der Waals surface area (Å²) in [4.78, 5) is 14.8. The molecule has 9 heteroatoms. The Morgan fingerprint density at radius 1 is 1.21 bits per heavy atom. The van der Waals surface area contributed by atoms with Crippen LogP contribution in [0.2, 0.25) is 0 Å². The lowest BCUT2D eigenvalue weighted by atomic mass is 9.97. The lowest BCUT2D eigenvalue weighted by Gasteiger charge is -2.37. The molecule has 0 amide bonds. The van der Waals surface area contributed by atoms with Crippen molar-refractivity contribution in [3.8, 4) is 0 Å². The summed E-state index contributed by atoms with van der Waals surface area (Å²) in [5, 5.41) is 13.9. The quantitative estimate of drug-likeness (QED) is 0.539. The fourth-order valence-corrected chi connectivity index (χ4v) is 6.72. The van der Waals surface area contributed by atoms with Gasteiger partial charge in [0.25, 0.3) is 5.69 Å². The first-order chi connectivity index (χ1) is 13.4. The van der Waals surface area contributed by atoms with Gasteiger partial charge in [0.05, 0.1) is 15.9 Å². The molecular weight excluding hydrogens is 398 g/mol. The smallest absolute Gasteiger partial charge is 0.293 e. The van der Waals surface area contributed by atoms with Crippen molar-refractivity contribution in [1.82, 2.24) is 4.31 Å². The van der Waals surface area contributed by atoms with E-state index in [4.69, 9.17) is 0 Å².